The molecule has 0 aliphatic carbocycles. The fourth-order valence-electron chi connectivity index (χ4n) is 1.80. The van der Waals surface area contributed by atoms with E-state index < -0.39 is 0 Å². The summed E-state index contributed by atoms with van der Waals surface area (Å²) in [5.74, 6) is 1.50. The van der Waals surface area contributed by atoms with Crippen LogP contribution in [0.4, 0.5) is 0 Å². The number of hydrogen-bond acceptors (Lipinski definition) is 2. The van der Waals surface area contributed by atoms with Gasteiger partial charge in [0.05, 0.1) is 6.10 Å². The van der Waals surface area contributed by atoms with Crippen molar-refractivity contribution in [1.82, 2.24) is 10.6 Å². The van der Waals surface area contributed by atoms with Crippen molar-refractivity contribution in [3.63, 3.8) is 0 Å². The summed E-state index contributed by atoms with van der Waals surface area (Å²) >= 11 is 0. The van der Waals surface area contributed by atoms with E-state index in [-0.39, 0.29) is 0 Å². The minimum atomic E-state index is 0.434. The third-order valence-corrected chi connectivity index (χ3v) is 3.37. The highest BCUT2D eigenvalue weighted by atomic mass is 16.5. The quantitative estimate of drug-likeness (QED) is 0.569. The highest BCUT2D eigenvalue weighted by molar-refractivity contribution is 5.79. The summed E-state index contributed by atoms with van der Waals surface area (Å²) < 4.78 is 5.59. The Morgan fingerprint density at radius 3 is 2.71 bits per heavy atom. The van der Waals surface area contributed by atoms with E-state index in [1.807, 2.05) is 7.05 Å². The number of rotatable bonds is 5. The van der Waals surface area contributed by atoms with Crippen molar-refractivity contribution in [1.29, 1.82) is 0 Å². The molecule has 0 bridgehead atoms. The lowest BCUT2D eigenvalue weighted by atomic mass is 10.1. The molecule has 2 unspecified atom stereocenters. The normalized spacial score (nSPS) is 22.9. The Morgan fingerprint density at radius 2 is 2.18 bits per heavy atom. The maximum Gasteiger partial charge on any atom is 0.191 e. The zero-order chi connectivity index (χ0) is 12.7. The van der Waals surface area contributed by atoms with Crippen LogP contribution in [0.5, 0.6) is 0 Å². The third kappa shape index (κ3) is 5.39. The Bertz CT molecular complexity index is 235. The van der Waals surface area contributed by atoms with Crippen LogP contribution in [0.2, 0.25) is 0 Å². The average molecular weight is 241 g/mol. The van der Waals surface area contributed by atoms with Crippen molar-refractivity contribution in [2.24, 2.45) is 10.9 Å². The standard InChI is InChI=1S/C13H27N3O/c1-10(2)11(3)16-13(14-4)15-8-7-12-6-5-9-17-12/h10-12H,5-9H2,1-4H3,(H2,14,15,16). The summed E-state index contributed by atoms with van der Waals surface area (Å²) in [6.45, 7) is 8.45. The van der Waals surface area contributed by atoms with Crippen LogP contribution in [0.3, 0.4) is 0 Å². The number of ether oxygens (including phenoxy) is 1. The number of aliphatic imine (C=N–C) groups is 1. The van der Waals surface area contributed by atoms with Crippen molar-refractivity contribution in [3.05, 3.63) is 0 Å². The SMILES string of the molecule is CN=C(NCCC1CCCO1)NC(C)C(C)C. The minimum Gasteiger partial charge on any atom is -0.378 e. The molecule has 4 nitrogen and oxygen atoms in total. The van der Waals surface area contributed by atoms with Crippen molar-refractivity contribution in [2.75, 3.05) is 20.2 Å². The Balaban J connectivity index is 2.18. The molecule has 1 heterocycles. The van der Waals surface area contributed by atoms with Crippen molar-refractivity contribution in [2.45, 2.75) is 52.2 Å². The van der Waals surface area contributed by atoms with Gasteiger partial charge in [-0.25, -0.2) is 0 Å². The van der Waals surface area contributed by atoms with E-state index in [1.165, 1.54) is 12.8 Å². The lowest BCUT2D eigenvalue weighted by molar-refractivity contribution is 0.105. The van der Waals surface area contributed by atoms with Gasteiger partial charge in [-0.3, -0.25) is 4.99 Å². The molecule has 0 amide bonds. The number of guanidine groups is 1. The molecule has 2 N–H and O–H groups in total. The van der Waals surface area contributed by atoms with E-state index in [1.54, 1.807) is 0 Å². The summed E-state index contributed by atoms with van der Waals surface area (Å²) in [4.78, 5) is 4.23. The second-order valence-corrected chi connectivity index (χ2v) is 5.10. The molecule has 0 saturated carbocycles. The van der Waals surface area contributed by atoms with Gasteiger partial charge in [-0.1, -0.05) is 13.8 Å². The second kappa shape index (κ2) is 7.54. The van der Waals surface area contributed by atoms with E-state index in [9.17, 15) is 0 Å². The fourth-order valence-corrected chi connectivity index (χ4v) is 1.80. The van der Waals surface area contributed by atoms with E-state index in [0.29, 0.717) is 18.1 Å². The maximum absolute atomic E-state index is 5.59. The second-order valence-electron chi connectivity index (χ2n) is 5.10. The molecule has 17 heavy (non-hydrogen) atoms. The largest absolute Gasteiger partial charge is 0.378 e. The van der Waals surface area contributed by atoms with Crippen LogP contribution in [-0.4, -0.2) is 38.3 Å². The molecule has 0 radical (unpaired) electrons. The van der Waals surface area contributed by atoms with Gasteiger partial charge < -0.3 is 15.4 Å². The highest BCUT2D eigenvalue weighted by Crippen LogP contribution is 2.14. The average Bonchev–Trinajstić information content (AvgIpc) is 2.80. The molecule has 1 fully saturated rings. The Kier molecular flexibility index (Phi) is 6.34. The monoisotopic (exact) mass is 241 g/mol. The predicted octanol–water partition coefficient (Wildman–Crippen LogP) is 1.76. The number of nitrogens with one attached hydrogen (secondary N) is 2. The van der Waals surface area contributed by atoms with Crippen molar-refractivity contribution < 1.29 is 4.74 Å². The lowest BCUT2D eigenvalue weighted by Crippen LogP contribution is -2.44. The molecule has 1 saturated heterocycles. The summed E-state index contributed by atoms with van der Waals surface area (Å²) in [5.41, 5.74) is 0. The molecule has 1 aliphatic rings. The molecule has 0 aromatic heterocycles. The van der Waals surface area contributed by atoms with Gasteiger partial charge in [0.1, 0.15) is 0 Å². The van der Waals surface area contributed by atoms with Gasteiger partial charge in [-0.15, -0.1) is 0 Å². The van der Waals surface area contributed by atoms with Crippen LogP contribution in [0.15, 0.2) is 4.99 Å². The smallest absolute Gasteiger partial charge is 0.191 e. The van der Waals surface area contributed by atoms with Gasteiger partial charge in [-0.2, -0.15) is 0 Å². The topological polar surface area (TPSA) is 45.7 Å². The van der Waals surface area contributed by atoms with Gasteiger partial charge in [0, 0.05) is 26.2 Å². The van der Waals surface area contributed by atoms with Gasteiger partial charge >= 0.3 is 0 Å². The number of nitrogens with zero attached hydrogens (tertiary/aromatic N) is 1. The molecule has 0 spiro atoms. The third-order valence-electron chi connectivity index (χ3n) is 3.37. The molecular weight excluding hydrogens is 214 g/mol. The van der Waals surface area contributed by atoms with Gasteiger partial charge in [0.15, 0.2) is 5.96 Å². The zero-order valence-electron chi connectivity index (χ0n) is 11.6. The van der Waals surface area contributed by atoms with Crippen LogP contribution >= 0.6 is 0 Å². The molecule has 100 valence electrons. The van der Waals surface area contributed by atoms with Crippen molar-refractivity contribution in [3.8, 4) is 0 Å². The first-order valence-electron chi connectivity index (χ1n) is 6.72. The van der Waals surface area contributed by atoms with E-state index >= 15 is 0 Å². The maximum atomic E-state index is 5.59. The summed E-state index contributed by atoms with van der Waals surface area (Å²) in [5, 5.41) is 6.73. The van der Waals surface area contributed by atoms with E-state index in [2.05, 4.69) is 36.4 Å². The first-order valence-corrected chi connectivity index (χ1v) is 6.72. The van der Waals surface area contributed by atoms with Crippen LogP contribution in [0.1, 0.15) is 40.0 Å². The van der Waals surface area contributed by atoms with Crippen LogP contribution < -0.4 is 10.6 Å². The molecular formula is C13H27N3O. The highest BCUT2D eigenvalue weighted by Gasteiger charge is 2.15. The first-order chi connectivity index (χ1) is 8.13. The van der Waals surface area contributed by atoms with Gasteiger partial charge in [0.25, 0.3) is 0 Å². The summed E-state index contributed by atoms with van der Waals surface area (Å²) in [7, 11) is 1.81. The predicted molar refractivity (Wildman–Crippen MR) is 72.4 cm³/mol. The van der Waals surface area contributed by atoms with Gasteiger partial charge in [-0.05, 0) is 32.1 Å². The van der Waals surface area contributed by atoms with Crippen LogP contribution in [0.25, 0.3) is 0 Å². The Morgan fingerprint density at radius 1 is 1.41 bits per heavy atom. The van der Waals surface area contributed by atoms with E-state index in [0.717, 1.165) is 25.5 Å². The molecule has 0 aromatic rings. The molecule has 1 aliphatic heterocycles. The fraction of sp³-hybridized carbons (Fsp3) is 0.923. The van der Waals surface area contributed by atoms with Crippen molar-refractivity contribution >= 4 is 5.96 Å². The molecule has 4 heteroatoms. The summed E-state index contributed by atoms with van der Waals surface area (Å²) in [6, 6.07) is 0.434. The summed E-state index contributed by atoms with van der Waals surface area (Å²) in [6.07, 6.45) is 3.93. The molecule has 0 aromatic carbocycles. The molecule has 2 atom stereocenters. The van der Waals surface area contributed by atoms with Gasteiger partial charge in [0.2, 0.25) is 0 Å². The Labute approximate surface area is 105 Å². The minimum absolute atomic E-state index is 0.434. The molecule has 1 rings (SSSR count). The Hall–Kier alpha value is -0.770. The zero-order valence-corrected chi connectivity index (χ0v) is 11.6. The number of hydrogen-bond donors (Lipinski definition) is 2. The lowest BCUT2D eigenvalue weighted by Gasteiger charge is -2.21. The van der Waals surface area contributed by atoms with Crippen LogP contribution in [-0.2, 0) is 4.74 Å². The van der Waals surface area contributed by atoms with E-state index in [4.69, 9.17) is 4.74 Å². The van der Waals surface area contributed by atoms with Crippen LogP contribution in [0, 0.1) is 5.92 Å². The first kappa shape index (κ1) is 14.3.